The minimum absolute atomic E-state index is 0.141. The first-order chi connectivity index (χ1) is 10.1. The maximum Gasteiger partial charge on any atom is 0.243 e. The first-order valence-corrected chi connectivity index (χ1v) is 7.13. The van der Waals surface area contributed by atoms with Gasteiger partial charge in [-0.05, 0) is 43.4 Å². The fourth-order valence-corrected chi connectivity index (χ4v) is 2.72. The molecular formula is C16H17N3O2. The van der Waals surface area contributed by atoms with Gasteiger partial charge in [0.1, 0.15) is 0 Å². The second-order valence-corrected chi connectivity index (χ2v) is 5.35. The van der Waals surface area contributed by atoms with Gasteiger partial charge < -0.3 is 4.57 Å². The Morgan fingerprint density at radius 1 is 1.29 bits per heavy atom. The van der Waals surface area contributed by atoms with Crippen LogP contribution in [0, 0.1) is 10.1 Å². The van der Waals surface area contributed by atoms with E-state index in [2.05, 4.69) is 9.55 Å². The molecule has 3 rings (SSSR count). The number of allylic oxidation sites excluding steroid dienone is 1. The van der Waals surface area contributed by atoms with Gasteiger partial charge in [-0.2, -0.15) is 0 Å². The number of benzene rings is 1. The third kappa shape index (κ3) is 2.72. The second kappa shape index (κ2) is 5.52. The molecule has 0 aliphatic heterocycles. The molecule has 0 amide bonds. The van der Waals surface area contributed by atoms with E-state index in [-0.39, 0.29) is 10.6 Å². The van der Waals surface area contributed by atoms with Crippen molar-refractivity contribution in [2.24, 2.45) is 0 Å². The molecule has 21 heavy (non-hydrogen) atoms. The number of hydrogen-bond acceptors (Lipinski definition) is 3. The fourth-order valence-electron chi connectivity index (χ4n) is 2.72. The van der Waals surface area contributed by atoms with E-state index in [0.29, 0.717) is 0 Å². The zero-order valence-electron chi connectivity index (χ0n) is 12.0. The van der Waals surface area contributed by atoms with Gasteiger partial charge in [-0.25, -0.2) is 4.98 Å². The molecule has 5 heteroatoms. The predicted molar refractivity (Wildman–Crippen MR) is 80.9 cm³/mol. The SMILES string of the molecule is CC(=Cc1ccc(-n2cnc3c2CCCC3)cc1)[N+](=O)[O-]. The highest BCUT2D eigenvalue weighted by Gasteiger charge is 2.15. The summed E-state index contributed by atoms with van der Waals surface area (Å²) in [5.74, 6) is 0. The summed E-state index contributed by atoms with van der Waals surface area (Å²) in [6.45, 7) is 1.50. The Balaban J connectivity index is 1.89. The van der Waals surface area contributed by atoms with Crippen LogP contribution in [-0.2, 0) is 12.8 Å². The summed E-state index contributed by atoms with van der Waals surface area (Å²) in [5.41, 5.74) is 4.53. The molecule has 108 valence electrons. The summed E-state index contributed by atoms with van der Waals surface area (Å²) < 4.78 is 2.13. The van der Waals surface area contributed by atoms with E-state index in [4.69, 9.17) is 0 Å². The van der Waals surface area contributed by atoms with E-state index < -0.39 is 0 Å². The van der Waals surface area contributed by atoms with Crippen LogP contribution in [0.15, 0.2) is 36.3 Å². The van der Waals surface area contributed by atoms with Gasteiger partial charge in [0.05, 0.1) is 16.9 Å². The highest BCUT2D eigenvalue weighted by atomic mass is 16.6. The van der Waals surface area contributed by atoms with Crippen LogP contribution in [0.4, 0.5) is 0 Å². The number of imidazole rings is 1. The summed E-state index contributed by atoms with van der Waals surface area (Å²) in [7, 11) is 0. The molecule has 0 radical (unpaired) electrons. The molecule has 1 aliphatic rings. The van der Waals surface area contributed by atoms with Crippen LogP contribution in [0.2, 0.25) is 0 Å². The molecule has 0 N–H and O–H groups in total. The fraction of sp³-hybridized carbons (Fsp3) is 0.312. The van der Waals surface area contributed by atoms with Crippen molar-refractivity contribution in [2.75, 3.05) is 0 Å². The van der Waals surface area contributed by atoms with Crippen LogP contribution in [-0.4, -0.2) is 14.5 Å². The number of rotatable bonds is 3. The normalized spacial score (nSPS) is 14.8. The monoisotopic (exact) mass is 283 g/mol. The molecule has 1 aromatic heterocycles. The van der Waals surface area contributed by atoms with Crippen molar-refractivity contribution < 1.29 is 4.92 Å². The molecule has 0 saturated heterocycles. The first-order valence-electron chi connectivity index (χ1n) is 7.13. The lowest BCUT2D eigenvalue weighted by atomic mass is 10.0. The molecule has 1 aliphatic carbocycles. The van der Waals surface area contributed by atoms with E-state index in [1.54, 1.807) is 6.08 Å². The third-order valence-corrected chi connectivity index (χ3v) is 3.86. The number of fused-ring (bicyclic) bond motifs is 1. The Morgan fingerprint density at radius 2 is 2.00 bits per heavy atom. The maximum absolute atomic E-state index is 10.6. The number of hydrogen-bond donors (Lipinski definition) is 0. The maximum atomic E-state index is 10.6. The number of nitro groups is 1. The Hall–Kier alpha value is -2.43. The van der Waals surface area contributed by atoms with Gasteiger partial charge in [0, 0.05) is 24.4 Å². The lowest BCUT2D eigenvalue weighted by Gasteiger charge is -2.14. The zero-order chi connectivity index (χ0) is 14.8. The number of nitrogens with zero attached hydrogens (tertiary/aromatic N) is 3. The van der Waals surface area contributed by atoms with Gasteiger partial charge in [0.15, 0.2) is 0 Å². The van der Waals surface area contributed by atoms with E-state index in [1.165, 1.54) is 31.2 Å². The average Bonchev–Trinajstić information content (AvgIpc) is 2.92. The van der Waals surface area contributed by atoms with Crippen molar-refractivity contribution in [2.45, 2.75) is 32.6 Å². The van der Waals surface area contributed by atoms with Crippen molar-refractivity contribution in [3.05, 3.63) is 63.4 Å². The molecule has 0 atom stereocenters. The molecule has 5 nitrogen and oxygen atoms in total. The molecule has 0 bridgehead atoms. The van der Waals surface area contributed by atoms with Crippen molar-refractivity contribution in [1.29, 1.82) is 0 Å². The van der Waals surface area contributed by atoms with E-state index >= 15 is 0 Å². The second-order valence-electron chi connectivity index (χ2n) is 5.35. The Bertz CT molecular complexity index is 699. The topological polar surface area (TPSA) is 61.0 Å². The Morgan fingerprint density at radius 3 is 2.71 bits per heavy atom. The van der Waals surface area contributed by atoms with Crippen molar-refractivity contribution in [3.63, 3.8) is 0 Å². The van der Waals surface area contributed by atoms with Crippen LogP contribution < -0.4 is 0 Å². The van der Waals surface area contributed by atoms with Crippen molar-refractivity contribution >= 4 is 6.08 Å². The van der Waals surface area contributed by atoms with Crippen LogP contribution in [0.1, 0.15) is 36.7 Å². The van der Waals surface area contributed by atoms with Gasteiger partial charge >= 0.3 is 0 Å². The Kier molecular flexibility index (Phi) is 3.56. The molecule has 0 unspecified atom stereocenters. The lowest BCUT2D eigenvalue weighted by molar-refractivity contribution is -0.422. The lowest BCUT2D eigenvalue weighted by Crippen LogP contribution is -2.06. The van der Waals surface area contributed by atoms with Gasteiger partial charge in [-0.3, -0.25) is 10.1 Å². The van der Waals surface area contributed by atoms with Crippen LogP contribution >= 0.6 is 0 Å². The first kappa shape index (κ1) is 13.5. The predicted octanol–water partition coefficient (Wildman–Crippen LogP) is 3.39. The summed E-state index contributed by atoms with van der Waals surface area (Å²) in [6, 6.07) is 7.76. The summed E-state index contributed by atoms with van der Waals surface area (Å²) in [5, 5.41) is 10.6. The molecular weight excluding hydrogens is 266 g/mol. The van der Waals surface area contributed by atoms with Crippen LogP contribution in [0.3, 0.4) is 0 Å². The smallest absolute Gasteiger partial charge is 0.243 e. The van der Waals surface area contributed by atoms with Crippen LogP contribution in [0.5, 0.6) is 0 Å². The summed E-state index contributed by atoms with van der Waals surface area (Å²) in [6.07, 6.45) is 8.01. The van der Waals surface area contributed by atoms with E-state index in [0.717, 1.165) is 24.1 Å². The molecule has 0 saturated carbocycles. The zero-order valence-corrected chi connectivity index (χ0v) is 12.0. The van der Waals surface area contributed by atoms with E-state index in [1.807, 2.05) is 30.6 Å². The van der Waals surface area contributed by atoms with Crippen molar-refractivity contribution in [1.82, 2.24) is 9.55 Å². The highest BCUT2D eigenvalue weighted by molar-refractivity contribution is 5.53. The molecule has 1 heterocycles. The van der Waals surface area contributed by atoms with E-state index in [9.17, 15) is 10.1 Å². The summed E-state index contributed by atoms with van der Waals surface area (Å²) in [4.78, 5) is 14.8. The molecule has 2 aromatic rings. The van der Waals surface area contributed by atoms with Gasteiger partial charge in [0.25, 0.3) is 0 Å². The quantitative estimate of drug-likeness (QED) is 0.640. The van der Waals surface area contributed by atoms with Crippen molar-refractivity contribution in [3.8, 4) is 5.69 Å². The van der Waals surface area contributed by atoms with Gasteiger partial charge in [-0.1, -0.05) is 12.1 Å². The largest absolute Gasteiger partial charge is 0.303 e. The standard InChI is InChI=1S/C16H17N3O2/c1-12(19(20)21)10-13-6-8-14(9-7-13)18-11-17-15-4-2-3-5-16(15)18/h6-11H,2-5H2,1H3. The number of aryl methyl sites for hydroxylation is 1. The minimum atomic E-state index is -0.375. The van der Waals surface area contributed by atoms with Gasteiger partial charge in [0.2, 0.25) is 5.70 Å². The third-order valence-electron chi connectivity index (χ3n) is 3.86. The molecule has 0 fully saturated rings. The summed E-state index contributed by atoms with van der Waals surface area (Å²) >= 11 is 0. The minimum Gasteiger partial charge on any atom is -0.303 e. The molecule has 0 spiro atoms. The average molecular weight is 283 g/mol. The van der Waals surface area contributed by atoms with Crippen LogP contribution in [0.25, 0.3) is 11.8 Å². The number of aromatic nitrogens is 2. The van der Waals surface area contributed by atoms with Gasteiger partial charge in [-0.15, -0.1) is 0 Å². The molecule has 1 aromatic carbocycles. The Labute approximate surface area is 123 Å². The highest BCUT2D eigenvalue weighted by Crippen LogP contribution is 2.23.